The summed E-state index contributed by atoms with van der Waals surface area (Å²) in [5.41, 5.74) is 1.55. The minimum absolute atomic E-state index is 0.0122. The number of rotatable bonds is 6. The smallest absolute Gasteiger partial charge is 0.271 e. The maximum Gasteiger partial charge on any atom is 0.271 e. The molecular weight excluding hydrogens is 286 g/mol. The van der Waals surface area contributed by atoms with Gasteiger partial charge in [0.15, 0.2) is 0 Å². The first-order chi connectivity index (χ1) is 10.4. The predicted octanol–water partition coefficient (Wildman–Crippen LogP) is 1.09. The van der Waals surface area contributed by atoms with Crippen LogP contribution in [-0.2, 0) is 11.2 Å². The lowest BCUT2D eigenvalue weighted by atomic mass is 10.1. The Kier molecular flexibility index (Phi) is 5.10. The Morgan fingerprint density at radius 1 is 1.50 bits per heavy atom. The van der Waals surface area contributed by atoms with Crippen molar-refractivity contribution in [3.05, 3.63) is 33.9 Å². The molecule has 22 heavy (non-hydrogen) atoms. The van der Waals surface area contributed by atoms with Crippen molar-refractivity contribution in [3.63, 3.8) is 0 Å². The number of nitrogens with zero attached hydrogens (tertiary/aromatic N) is 2. The van der Waals surface area contributed by atoms with Gasteiger partial charge in [0.25, 0.3) is 5.69 Å². The number of hydrogen-bond donors (Lipinski definition) is 2. The quantitative estimate of drug-likeness (QED) is 0.606. The molecule has 0 radical (unpaired) electrons. The van der Waals surface area contributed by atoms with Gasteiger partial charge in [0.05, 0.1) is 23.8 Å². The molecule has 1 amide bonds. The van der Waals surface area contributed by atoms with Crippen LogP contribution in [0.25, 0.3) is 0 Å². The van der Waals surface area contributed by atoms with Gasteiger partial charge in [-0.05, 0) is 17.9 Å². The van der Waals surface area contributed by atoms with Crippen LogP contribution in [0.3, 0.4) is 0 Å². The highest BCUT2D eigenvalue weighted by Crippen LogP contribution is 2.31. The van der Waals surface area contributed by atoms with Gasteiger partial charge in [0.2, 0.25) is 5.91 Å². The number of carbonyl (C=O) groups excluding carboxylic acids is 1. The fraction of sp³-hybridized carbons (Fsp3) is 0.533. The predicted molar refractivity (Wildman–Crippen MR) is 82.9 cm³/mol. The molecule has 7 heteroatoms. The largest absolute Gasteiger partial charge is 0.395 e. The molecule has 0 aliphatic carbocycles. The van der Waals surface area contributed by atoms with E-state index in [0.717, 1.165) is 5.56 Å². The molecule has 0 spiro atoms. The molecule has 1 aromatic carbocycles. The average molecular weight is 307 g/mol. The maximum atomic E-state index is 12.3. The normalized spacial score (nSPS) is 15.0. The lowest BCUT2D eigenvalue weighted by molar-refractivity contribution is -0.384. The molecule has 0 fully saturated rings. The Bertz CT molecular complexity index is 574. The molecule has 1 aromatic rings. The maximum absolute atomic E-state index is 12.3. The molecule has 1 aliphatic rings. The number of anilines is 1. The molecule has 2 rings (SSSR count). The summed E-state index contributed by atoms with van der Waals surface area (Å²) in [6, 6.07) is 4.48. The van der Waals surface area contributed by atoms with Gasteiger partial charge in [0, 0.05) is 24.7 Å². The number of nitrogens with one attached hydrogen (secondary N) is 1. The molecule has 0 aromatic heterocycles. The van der Waals surface area contributed by atoms with Gasteiger partial charge in [-0.3, -0.25) is 14.9 Å². The molecule has 1 heterocycles. The standard InChI is InChI=1S/C15H21N3O4/c1-10(2)13(9-19)16-8-15(20)17-6-5-11-3-4-12(18(21)22)7-14(11)17/h3-4,7,10,13,16,19H,5-6,8-9H2,1-2H3/t13-/m1/s1. The summed E-state index contributed by atoms with van der Waals surface area (Å²) < 4.78 is 0. The summed E-state index contributed by atoms with van der Waals surface area (Å²) in [5.74, 6) is 0.0723. The van der Waals surface area contributed by atoms with Crippen molar-refractivity contribution < 1.29 is 14.8 Å². The van der Waals surface area contributed by atoms with Crippen molar-refractivity contribution in [1.29, 1.82) is 0 Å². The Labute approximate surface area is 129 Å². The Morgan fingerprint density at radius 2 is 2.23 bits per heavy atom. The van der Waals surface area contributed by atoms with Crippen LogP contribution in [0.1, 0.15) is 19.4 Å². The molecule has 1 atom stereocenters. The van der Waals surface area contributed by atoms with Gasteiger partial charge in [0.1, 0.15) is 0 Å². The van der Waals surface area contributed by atoms with Gasteiger partial charge >= 0.3 is 0 Å². The number of non-ortho nitro benzene ring substituents is 1. The second-order valence-corrected chi connectivity index (χ2v) is 5.78. The first-order valence-electron chi connectivity index (χ1n) is 7.36. The lowest BCUT2D eigenvalue weighted by Gasteiger charge is -2.22. The fourth-order valence-corrected chi connectivity index (χ4v) is 2.57. The summed E-state index contributed by atoms with van der Waals surface area (Å²) >= 11 is 0. The third kappa shape index (κ3) is 3.42. The van der Waals surface area contributed by atoms with E-state index in [1.807, 2.05) is 13.8 Å². The van der Waals surface area contributed by atoms with Crippen molar-refractivity contribution in [2.75, 3.05) is 24.6 Å². The molecule has 120 valence electrons. The topological polar surface area (TPSA) is 95.7 Å². The third-order valence-electron chi connectivity index (χ3n) is 3.99. The highest BCUT2D eigenvalue weighted by atomic mass is 16.6. The average Bonchev–Trinajstić information content (AvgIpc) is 2.90. The highest BCUT2D eigenvalue weighted by Gasteiger charge is 2.27. The zero-order valence-electron chi connectivity index (χ0n) is 12.8. The first kappa shape index (κ1) is 16.4. The number of benzene rings is 1. The number of nitro benzene ring substituents is 1. The molecule has 7 nitrogen and oxygen atoms in total. The number of aliphatic hydroxyl groups excluding tert-OH is 1. The molecular formula is C15H21N3O4. The number of amides is 1. The van der Waals surface area contributed by atoms with E-state index in [0.29, 0.717) is 18.7 Å². The number of carbonyl (C=O) groups is 1. The number of aliphatic hydroxyl groups is 1. The zero-order valence-corrected chi connectivity index (χ0v) is 12.8. The van der Waals surface area contributed by atoms with Crippen molar-refractivity contribution in [3.8, 4) is 0 Å². The minimum atomic E-state index is -0.458. The van der Waals surface area contributed by atoms with Crippen LogP contribution in [0.2, 0.25) is 0 Å². The van der Waals surface area contributed by atoms with Gasteiger partial charge in [-0.15, -0.1) is 0 Å². The van der Waals surface area contributed by atoms with E-state index in [1.54, 1.807) is 11.0 Å². The van der Waals surface area contributed by atoms with Crippen molar-refractivity contribution in [2.45, 2.75) is 26.3 Å². The lowest BCUT2D eigenvalue weighted by Crippen LogP contribution is -2.44. The summed E-state index contributed by atoms with van der Waals surface area (Å²) in [5, 5.41) is 23.2. The molecule has 0 bridgehead atoms. The Morgan fingerprint density at radius 3 is 2.82 bits per heavy atom. The van der Waals surface area contributed by atoms with Gasteiger partial charge in [-0.1, -0.05) is 19.9 Å². The van der Waals surface area contributed by atoms with E-state index in [4.69, 9.17) is 0 Å². The van der Waals surface area contributed by atoms with Gasteiger partial charge < -0.3 is 15.3 Å². The van der Waals surface area contributed by atoms with E-state index in [2.05, 4.69) is 5.32 Å². The van der Waals surface area contributed by atoms with Crippen LogP contribution in [0.4, 0.5) is 11.4 Å². The molecule has 0 unspecified atom stereocenters. The SMILES string of the molecule is CC(C)[C@@H](CO)NCC(=O)N1CCc2ccc([N+](=O)[O-])cc21. The van der Waals surface area contributed by atoms with Crippen molar-refractivity contribution in [1.82, 2.24) is 5.32 Å². The number of nitro groups is 1. The van der Waals surface area contributed by atoms with Crippen LogP contribution in [0, 0.1) is 16.0 Å². The van der Waals surface area contributed by atoms with Gasteiger partial charge in [-0.25, -0.2) is 0 Å². The van der Waals surface area contributed by atoms with Crippen LogP contribution < -0.4 is 10.2 Å². The molecule has 0 saturated carbocycles. The van der Waals surface area contributed by atoms with Crippen molar-refractivity contribution >= 4 is 17.3 Å². The second kappa shape index (κ2) is 6.85. The van der Waals surface area contributed by atoms with Crippen molar-refractivity contribution in [2.24, 2.45) is 5.92 Å². The molecule has 0 saturated heterocycles. The fourth-order valence-electron chi connectivity index (χ4n) is 2.57. The molecule has 2 N–H and O–H groups in total. The third-order valence-corrected chi connectivity index (χ3v) is 3.99. The Balaban J connectivity index is 2.08. The zero-order chi connectivity index (χ0) is 16.3. The summed E-state index contributed by atoms with van der Waals surface area (Å²) in [7, 11) is 0. The minimum Gasteiger partial charge on any atom is -0.395 e. The summed E-state index contributed by atoms with van der Waals surface area (Å²) in [6.45, 7) is 4.53. The monoisotopic (exact) mass is 307 g/mol. The van der Waals surface area contributed by atoms with E-state index in [9.17, 15) is 20.0 Å². The highest BCUT2D eigenvalue weighted by molar-refractivity contribution is 5.97. The van der Waals surface area contributed by atoms with Crippen LogP contribution in [0.5, 0.6) is 0 Å². The van der Waals surface area contributed by atoms with E-state index in [-0.39, 0.29) is 36.7 Å². The first-order valence-corrected chi connectivity index (χ1v) is 7.36. The van der Waals surface area contributed by atoms with E-state index >= 15 is 0 Å². The van der Waals surface area contributed by atoms with E-state index < -0.39 is 4.92 Å². The molecule has 1 aliphatic heterocycles. The van der Waals surface area contributed by atoms with E-state index in [1.165, 1.54) is 12.1 Å². The number of hydrogen-bond acceptors (Lipinski definition) is 5. The summed E-state index contributed by atoms with van der Waals surface area (Å²) in [4.78, 5) is 24.3. The second-order valence-electron chi connectivity index (χ2n) is 5.78. The van der Waals surface area contributed by atoms with Crippen LogP contribution >= 0.6 is 0 Å². The van der Waals surface area contributed by atoms with Crippen LogP contribution in [0.15, 0.2) is 18.2 Å². The summed E-state index contributed by atoms with van der Waals surface area (Å²) in [6.07, 6.45) is 0.701. The number of fused-ring (bicyclic) bond motifs is 1. The van der Waals surface area contributed by atoms with Gasteiger partial charge in [-0.2, -0.15) is 0 Å². The van der Waals surface area contributed by atoms with Crippen LogP contribution in [-0.4, -0.2) is 41.7 Å². The Hall–Kier alpha value is -1.99.